The van der Waals surface area contributed by atoms with Crippen LogP contribution in [0.25, 0.3) is 110 Å². The molecule has 52 heavy (non-hydrogen) atoms. The van der Waals surface area contributed by atoms with Gasteiger partial charge in [0.15, 0.2) is 0 Å². The van der Waals surface area contributed by atoms with Crippen LogP contribution in [0.2, 0.25) is 0 Å². The number of para-hydroxylation sites is 2. The van der Waals surface area contributed by atoms with E-state index in [-0.39, 0.29) is 0 Å². The van der Waals surface area contributed by atoms with Crippen LogP contribution < -0.4 is 0 Å². The molecule has 9 aromatic carbocycles. The van der Waals surface area contributed by atoms with Crippen LogP contribution in [0.1, 0.15) is 0 Å². The van der Waals surface area contributed by atoms with Crippen LogP contribution in [0.15, 0.2) is 182 Å². The summed E-state index contributed by atoms with van der Waals surface area (Å²) in [6, 6.07) is 67.3. The highest BCUT2D eigenvalue weighted by molar-refractivity contribution is 6.22. The van der Waals surface area contributed by atoms with Gasteiger partial charge in [0.2, 0.25) is 0 Å². The Morgan fingerprint density at radius 3 is 1.69 bits per heavy atom. The molecule has 2 nitrogen and oxygen atoms in total. The molecule has 0 spiro atoms. The lowest BCUT2D eigenvalue weighted by Gasteiger charge is -2.15. The molecule has 0 radical (unpaired) electrons. The molecule has 2 heterocycles. The van der Waals surface area contributed by atoms with Crippen molar-refractivity contribution < 1.29 is 0 Å². The molecule has 0 amide bonds. The maximum atomic E-state index is 2.54. The minimum atomic E-state index is 1.17. The fraction of sp³-hybridized carbons (Fsp3) is 0. The molecule has 12 rings (SSSR count). The SMILES string of the molecule is c1ccc(-n2c3ccccc3c3ccc(-c4ccc5c6ccc7ccccc7c6n(-c6ccc7c8c(cccc68)-c6ccccc6-7)c5c4)cc32)cc1. The Kier molecular flexibility index (Phi) is 5.53. The number of rotatable bonds is 3. The number of hydrogen-bond acceptors (Lipinski definition) is 0. The zero-order chi connectivity index (χ0) is 33.9. The number of hydrogen-bond donors (Lipinski definition) is 0. The predicted molar refractivity (Wildman–Crippen MR) is 220 cm³/mol. The zero-order valence-electron chi connectivity index (χ0n) is 28.2. The van der Waals surface area contributed by atoms with Crippen molar-refractivity contribution in [2.75, 3.05) is 0 Å². The van der Waals surface area contributed by atoms with E-state index in [1.165, 1.54) is 110 Å². The van der Waals surface area contributed by atoms with E-state index in [9.17, 15) is 0 Å². The summed E-state index contributed by atoms with van der Waals surface area (Å²) in [5.41, 5.74) is 14.9. The molecule has 0 N–H and O–H groups in total. The molecule has 1 aliphatic rings. The van der Waals surface area contributed by atoms with Crippen LogP contribution in [0.3, 0.4) is 0 Å². The van der Waals surface area contributed by atoms with Gasteiger partial charge in [-0.05, 0) is 80.6 Å². The normalized spacial score (nSPS) is 12.2. The third-order valence-electron chi connectivity index (χ3n) is 11.4. The Bertz CT molecular complexity index is 3260. The molecule has 0 saturated carbocycles. The molecule has 11 aromatic rings. The molecule has 0 aliphatic heterocycles. The van der Waals surface area contributed by atoms with Crippen molar-refractivity contribution in [1.29, 1.82) is 0 Å². The molecule has 0 unspecified atom stereocenters. The second kappa shape index (κ2) is 10.3. The van der Waals surface area contributed by atoms with E-state index in [4.69, 9.17) is 0 Å². The van der Waals surface area contributed by atoms with Crippen molar-refractivity contribution >= 4 is 65.2 Å². The molecular weight excluding hydrogens is 629 g/mol. The first-order valence-corrected chi connectivity index (χ1v) is 18.0. The highest BCUT2D eigenvalue weighted by Crippen LogP contribution is 2.49. The van der Waals surface area contributed by atoms with Crippen molar-refractivity contribution in [1.82, 2.24) is 9.13 Å². The van der Waals surface area contributed by atoms with Crippen molar-refractivity contribution in [3.63, 3.8) is 0 Å². The number of nitrogens with zero attached hydrogens (tertiary/aromatic N) is 2. The van der Waals surface area contributed by atoms with E-state index >= 15 is 0 Å². The maximum Gasteiger partial charge on any atom is 0.0619 e. The Morgan fingerprint density at radius 1 is 0.308 bits per heavy atom. The summed E-state index contributed by atoms with van der Waals surface area (Å²) < 4.78 is 4.95. The van der Waals surface area contributed by atoms with Crippen molar-refractivity contribution in [2.24, 2.45) is 0 Å². The topological polar surface area (TPSA) is 9.86 Å². The minimum Gasteiger partial charge on any atom is -0.309 e. The Labute approximate surface area is 300 Å². The molecule has 0 atom stereocenters. The summed E-state index contributed by atoms with van der Waals surface area (Å²) in [6.07, 6.45) is 0. The van der Waals surface area contributed by atoms with Gasteiger partial charge in [-0.2, -0.15) is 0 Å². The maximum absolute atomic E-state index is 2.54. The van der Waals surface area contributed by atoms with Gasteiger partial charge in [0.25, 0.3) is 0 Å². The largest absolute Gasteiger partial charge is 0.309 e. The molecule has 2 heteroatoms. The Balaban J connectivity index is 1.16. The van der Waals surface area contributed by atoms with Gasteiger partial charge in [-0.3, -0.25) is 0 Å². The predicted octanol–water partition coefficient (Wildman–Crippen LogP) is 13.5. The number of fused-ring (bicyclic) bond motifs is 11. The summed E-state index contributed by atoms with van der Waals surface area (Å²) >= 11 is 0. The van der Waals surface area contributed by atoms with Gasteiger partial charge in [-0.15, -0.1) is 0 Å². The van der Waals surface area contributed by atoms with Crippen molar-refractivity contribution in [2.45, 2.75) is 0 Å². The lowest BCUT2D eigenvalue weighted by molar-refractivity contribution is 1.18. The van der Waals surface area contributed by atoms with Crippen molar-refractivity contribution in [3.05, 3.63) is 182 Å². The second-order valence-corrected chi connectivity index (χ2v) is 14.1. The molecule has 1 aliphatic carbocycles. The first kappa shape index (κ1) is 27.9. The molecule has 240 valence electrons. The van der Waals surface area contributed by atoms with Crippen molar-refractivity contribution in [3.8, 4) is 44.8 Å². The van der Waals surface area contributed by atoms with Crippen LogP contribution in [-0.2, 0) is 0 Å². The fourth-order valence-corrected chi connectivity index (χ4v) is 9.20. The molecular formula is C50H30N2. The van der Waals surface area contributed by atoms with Gasteiger partial charge in [0.05, 0.1) is 27.8 Å². The van der Waals surface area contributed by atoms with Crippen LogP contribution in [-0.4, -0.2) is 9.13 Å². The highest BCUT2D eigenvalue weighted by Gasteiger charge is 2.24. The van der Waals surface area contributed by atoms with Gasteiger partial charge in [0.1, 0.15) is 0 Å². The third kappa shape index (κ3) is 3.68. The first-order valence-electron chi connectivity index (χ1n) is 18.0. The summed E-state index contributed by atoms with van der Waals surface area (Å²) in [6.45, 7) is 0. The Hall–Kier alpha value is -6.90. The summed E-state index contributed by atoms with van der Waals surface area (Å²) in [7, 11) is 0. The van der Waals surface area contributed by atoms with Crippen LogP contribution in [0.5, 0.6) is 0 Å². The van der Waals surface area contributed by atoms with E-state index in [1.54, 1.807) is 0 Å². The smallest absolute Gasteiger partial charge is 0.0619 e. The highest BCUT2D eigenvalue weighted by atomic mass is 15.0. The molecule has 0 saturated heterocycles. The van der Waals surface area contributed by atoms with Crippen LogP contribution in [0.4, 0.5) is 0 Å². The second-order valence-electron chi connectivity index (χ2n) is 14.1. The van der Waals surface area contributed by atoms with E-state index in [0.717, 1.165) is 0 Å². The quantitative estimate of drug-likeness (QED) is 0.179. The summed E-state index contributed by atoms with van der Waals surface area (Å²) in [5.74, 6) is 0. The number of aromatic nitrogens is 2. The lowest BCUT2D eigenvalue weighted by atomic mass is 10.0. The van der Waals surface area contributed by atoms with E-state index in [1.807, 2.05) is 0 Å². The number of benzene rings is 9. The fourth-order valence-electron chi connectivity index (χ4n) is 9.20. The molecule has 0 bridgehead atoms. The van der Waals surface area contributed by atoms with E-state index in [2.05, 4.69) is 191 Å². The van der Waals surface area contributed by atoms with Crippen LogP contribution >= 0.6 is 0 Å². The minimum absolute atomic E-state index is 1.17. The van der Waals surface area contributed by atoms with Gasteiger partial charge in [0, 0.05) is 38.0 Å². The third-order valence-corrected chi connectivity index (χ3v) is 11.4. The van der Waals surface area contributed by atoms with Gasteiger partial charge >= 0.3 is 0 Å². The summed E-state index contributed by atoms with van der Waals surface area (Å²) in [5, 5.41) is 10.2. The first-order chi connectivity index (χ1) is 25.8. The van der Waals surface area contributed by atoms with Gasteiger partial charge in [-0.25, -0.2) is 0 Å². The van der Waals surface area contributed by atoms with Crippen LogP contribution in [0, 0.1) is 0 Å². The van der Waals surface area contributed by atoms with Gasteiger partial charge in [-0.1, -0.05) is 146 Å². The molecule has 0 fully saturated rings. The Morgan fingerprint density at radius 2 is 0.885 bits per heavy atom. The van der Waals surface area contributed by atoms with E-state index < -0.39 is 0 Å². The summed E-state index contributed by atoms with van der Waals surface area (Å²) in [4.78, 5) is 0. The van der Waals surface area contributed by atoms with E-state index in [0.29, 0.717) is 0 Å². The average Bonchev–Trinajstić information content (AvgIpc) is 3.85. The monoisotopic (exact) mass is 658 g/mol. The zero-order valence-corrected chi connectivity index (χ0v) is 28.2. The average molecular weight is 659 g/mol. The molecule has 2 aromatic heterocycles. The standard InChI is InChI=1S/C50H30N2/c1-2-12-34(13-3-1)51-45-20-9-8-17-38(45)39-24-22-32(29-47(39)51)33-23-25-40-43-26-21-31-11-4-5-14-35(31)50(43)52(48(40)30-33)46-28-27-42-37-16-7-6-15-36(37)41-18-10-19-44(46)49(41)42/h1-30H. The lowest BCUT2D eigenvalue weighted by Crippen LogP contribution is -1.97. The van der Waals surface area contributed by atoms with Gasteiger partial charge < -0.3 is 9.13 Å².